The van der Waals surface area contributed by atoms with Crippen molar-refractivity contribution in [3.63, 3.8) is 0 Å². The van der Waals surface area contributed by atoms with Crippen molar-refractivity contribution in [3.8, 4) is 55.6 Å². The minimum atomic E-state index is -0.357. The van der Waals surface area contributed by atoms with E-state index in [1.807, 2.05) is 12.3 Å². The van der Waals surface area contributed by atoms with Crippen LogP contribution >= 0.6 is 0 Å². The van der Waals surface area contributed by atoms with Crippen LogP contribution < -0.4 is 5.32 Å². The summed E-state index contributed by atoms with van der Waals surface area (Å²) in [5.74, 6) is 0. The van der Waals surface area contributed by atoms with Crippen LogP contribution in [0.2, 0.25) is 0 Å². The maximum atomic E-state index is 5.16. The van der Waals surface area contributed by atoms with Crippen LogP contribution in [0, 0.1) is 0 Å². The second kappa shape index (κ2) is 12.4. The van der Waals surface area contributed by atoms with E-state index in [-0.39, 0.29) is 11.5 Å². The molecule has 0 saturated carbocycles. The second-order valence-corrected chi connectivity index (χ2v) is 15.5. The predicted molar refractivity (Wildman–Crippen MR) is 236 cm³/mol. The highest BCUT2D eigenvalue weighted by Gasteiger charge is 2.51. The van der Waals surface area contributed by atoms with Crippen molar-refractivity contribution in [2.75, 3.05) is 0 Å². The molecule has 0 fully saturated rings. The number of hydrogen-bond donors (Lipinski definition) is 1. The summed E-state index contributed by atoms with van der Waals surface area (Å²) in [7, 11) is 0. The Morgan fingerprint density at radius 3 is 1.79 bits per heavy atom. The summed E-state index contributed by atoms with van der Waals surface area (Å²) < 4.78 is 0. The highest BCUT2D eigenvalue weighted by atomic mass is 14.9. The zero-order valence-corrected chi connectivity index (χ0v) is 31.2. The van der Waals surface area contributed by atoms with E-state index in [4.69, 9.17) is 4.98 Å². The SMILES string of the molecule is C1=CNC(c2cc(-c3ccccc3)c3cc(-c4ccc5ccc(-c6cccc7c6-c6ccccc6C76c7ccccc7-c7ccccc76)cc5c4)ccc3n2)C=C1. The number of nitrogens with one attached hydrogen (secondary N) is 1. The molecule has 2 heterocycles. The number of benzene rings is 8. The highest BCUT2D eigenvalue weighted by molar-refractivity contribution is 6.02. The van der Waals surface area contributed by atoms with Crippen LogP contribution in [0.1, 0.15) is 34.0 Å². The number of fused-ring (bicyclic) bond motifs is 12. The van der Waals surface area contributed by atoms with Crippen LogP contribution in [-0.4, -0.2) is 4.98 Å². The van der Waals surface area contributed by atoms with E-state index < -0.39 is 0 Å². The van der Waals surface area contributed by atoms with Crippen LogP contribution in [0.25, 0.3) is 77.3 Å². The summed E-state index contributed by atoms with van der Waals surface area (Å²) in [6, 6.07) is 67.6. The zero-order valence-electron chi connectivity index (χ0n) is 31.2. The third-order valence-electron chi connectivity index (χ3n) is 12.5. The Labute approximate surface area is 332 Å². The van der Waals surface area contributed by atoms with Crippen molar-refractivity contribution >= 4 is 21.7 Å². The average Bonchev–Trinajstić information content (AvgIpc) is 3.76. The van der Waals surface area contributed by atoms with E-state index in [1.54, 1.807) is 0 Å². The van der Waals surface area contributed by atoms with E-state index in [1.165, 1.54) is 88.7 Å². The van der Waals surface area contributed by atoms with E-state index in [2.05, 4.69) is 199 Å². The van der Waals surface area contributed by atoms with Gasteiger partial charge in [-0.05, 0) is 131 Å². The first-order chi connectivity index (χ1) is 28.3. The summed E-state index contributed by atoms with van der Waals surface area (Å²) >= 11 is 0. The fraction of sp³-hybridized carbons (Fsp3) is 0.0364. The minimum absolute atomic E-state index is 0.0332. The second-order valence-electron chi connectivity index (χ2n) is 15.5. The number of rotatable bonds is 4. The van der Waals surface area contributed by atoms with Gasteiger partial charge in [-0.1, -0.05) is 164 Å². The summed E-state index contributed by atoms with van der Waals surface area (Å²) in [6.45, 7) is 0. The monoisotopic (exact) mass is 724 g/mol. The van der Waals surface area contributed by atoms with Gasteiger partial charge in [-0.25, -0.2) is 0 Å². The molecule has 266 valence electrons. The Morgan fingerprint density at radius 2 is 1.04 bits per heavy atom. The Balaban J connectivity index is 1.00. The van der Waals surface area contributed by atoms with Gasteiger partial charge in [0.25, 0.3) is 0 Å². The Hall–Kier alpha value is -7.29. The Morgan fingerprint density at radius 1 is 0.421 bits per heavy atom. The molecule has 9 aromatic rings. The van der Waals surface area contributed by atoms with Gasteiger partial charge in [-0.2, -0.15) is 0 Å². The lowest BCUT2D eigenvalue weighted by atomic mass is 9.70. The van der Waals surface area contributed by atoms with Gasteiger partial charge in [0.05, 0.1) is 22.7 Å². The molecule has 57 heavy (non-hydrogen) atoms. The van der Waals surface area contributed by atoms with Crippen molar-refractivity contribution in [2.24, 2.45) is 0 Å². The minimum Gasteiger partial charge on any atom is -0.379 e. The molecule has 2 nitrogen and oxygen atoms in total. The number of nitrogens with zero attached hydrogens (tertiary/aromatic N) is 1. The molecular formula is C55H36N2. The molecule has 0 bridgehead atoms. The molecule has 0 saturated heterocycles. The first kappa shape index (κ1) is 32.0. The average molecular weight is 725 g/mol. The van der Waals surface area contributed by atoms with E-state index in [0.717, 1.165) is 16.6 Å². The lowest BCUT2D eigenvalue weighted by molar-refractivity contribution is 0.725. The zero-order chi connectivity index (χ0) is 37.5. The number of dihydropyridines is 1. The maximum absolute atomic E-state index is 5.16. The van der Waals surface area contributed by atoms with Crippen molar-refractivity contribution in [1.82, 2.24) is 10.3 Å². The van der Waals surface area contributed by atoms with E-state index >= 15 is 0 Å². The molecule has 1 aliphatic heterocycles. The standard InChI is InChI=1S/C55H36N2/c1-2-13-36(14-3-1)45-34-53(52-23-10-11-30-56-52)57-51-29-28-38(33-46(45)51)37-26-24-35-25-27-39(32-40(35)31-37)41-18-12-22-50-54(41)44-17-6-9-21-49(44)55(50)47-19-7-4-15-42(47)43-16-5-8-20-48(43)55/h1-34,52,56H. The lowest BCUT2D eigenvalue weighted by Gasteiger charge is -2.30. The van der Waals surface area contributed by atoms with Crippen molar-refractivity contribution in [1.29, 1.82) is 0 Å². The first-order valence-electron chi connectivity index (χ1n) is 19.8. The van der Waals surface area contributed by atoms with Crippen molar-refractivity contribution in [2.45, 2.75) is 11.5 Å². The third-order valence-corrected chi connectivity index (χ3v) is 12.5. The predicted octanol–water partition coefficient (Wildman–Crippen LogP) is 13.4. The van der Waals surface area contributed by atoms with Crippen molar-refractivity contribution in [3.05, 3.63) is 234 Å². The van der Waals surface area contributed by atoms with E-state index in [0.29, 0.717) is 0 Å². The molecule has 1 spiro atoms. The summed E-state index contributed by atoms with van der Waals surface area (Å²) in [5, 5.41) is 7.06. The van der Waals surface area contributed by atoms with Gasteiger partial charge in [0, 0.05) is 5.39 Å². The largest absolute Gasteiger partial charge is 0.379 e. The van der Waals surface area contributed by atoms with Gasteiger partial charge >= 0.3 is 0 Å². The molecular weight excluding hydrogens is 689 g/mol. The Kier molecular flexibility index (Phi) is 6.94. The summed E-state index contributed by atoms with van der Waals surface area (Å²) in [4.78, 5) is 5.16. The van der Waals surface area contributed by atoms with Crippen LogP contribution in [0.5, 0.6) is 0 Å². The van der Waals surface area contributed by atoms with Crippen LogP contribution in [0.3, 0.4) is 0 Å². The lowest BCUT2D eigenvalue weighted by Crippen LogP contribution is -2.25. The molecule has 2 aliphatic carbocycles. The van der Waals surface area contributed by atoms with E-state index in [9.17, 15) is 0 Å². The number of pyridine rings is 1. The maximum Gasteiger partial charge on any atom is 0.0869 e. The molecule has 1 unspecified atom stereocenters. The number of hydrogen-bond acceptors (Lipinski definition) is 2. The van der Waals surface area contributed by atoms with Crippen molar-refractivity contribution < 1.29 is 0 Å². The van der Waals surface area contributed by atoms with Gasteiger partial charge in [0.2, 0.25) is 0 Å². The smallest absolute Gasteiger partial charge is 0.0869 e. The Bertz CT molecular complexity index is 3120. The van der Waals surface area contributed by atoms with Gasteiger partial charge in [0.15, 0.2) is 0 Å². The van der Waals surface area contributed by atoms with Crippen LogP contribution in [-0.2, 0) is 5.41 Å². The fourth-order valence-corrected chi connectivity index (χ4v) is 10.0. The molecule has 3 aliphatic rings. The van der Waals surface area contributed by atoms with Gasteiger partial charge in [-0.3, -0.25) is 4.98 Å². The molecule has 1 aromatic heterocycles. The topological polar surface area (TPSA) is 24.9 Å². The molecule has 1 N–H and O–H groups in total. The first-order valence-corrected chi connectivity index (χ1v) is 19.8. The fourth-order valence-electron chi connectivity index (χ4n) is 10.0. The summed E-state index contributed by atoms with van der Waals surface area (Å²) in [6.07, 6.45) is 8.25. The quantitative estimate of drug-likeness (QED) is 0.195. The van der Waals surface area contributed by atoms with Crippen LogP contribution in [0.15, 0.2) is 206 Å². The van der Waals surface area contributed by atoms with Crippen LogP contribution in [0.4, 0.5) is 0 Å². The van der Waals surface area contributed by atoms with Gasteiger partial charge < -0.3 is 5.32 Å². The summed E-state index contributed by atoms with van der Waals surface area (Å²) in [5.41, 5.74) is 19.7. The number of aromatic nitrogens is 1. The molecule has 2 heteroatoms. The molecule has 0 amide bonds. The molecule has 0 radical (unpaired) electrons. The highest BCUT2D eigenvalue weighted by Crippen LogP contribution is 2.64. The molecule has 8 aromatic carbocycles. The van der Waals surface area contributed by atoms with Gasteiger partial charge in [-0.15, -0.1) is 0 Å². The number of allylic oxidation sites excluding steroid dienone is 2. The van der Waals surface area contributed by atoms with Gasteiger partial charge in [0.1, 0.15) is 0 Å². The molecule has 1 atom stereocenters. The molecule has 12 rings (SSSR count). The third kappa shape index (κ3) is 4.68. The normalized spacial score (nSPS) is 15.3.